The van der Waals surface area contributed by atoms with Crippen molar-refractivity contribution in [2.75, 3.05) is 13.2 Å². The Kier molecular flexibility index (Phi) is 4.30. The van der Waals surface area contributed by atoms with Crippen LogP contribution in [0.1, 0.15) is 37.1 Å². The zero-order valence-corrected chi connectivity index (χ0v) is 13.0. The van der Waals surface area contributed by atoms with E-state index in [0.717, 1.165) is 11.6 Å². The van der Waals surface area contributed by atoms with Crippen LogP contribution in [-0.4, -0.2) is 34.9 Å². The summed E-state index contributed by atoms with van der Waals surface area (Å²) in [4.78, 5) is 5.43. The van der Waals surface area contributed by atoms with Gasteiger partial charge in [0.1, 0.15) is 0 Å². The minimum absolute atomic E-state index is 0.162. The number of aliphatic hydroxyl groups is 1. The van der Waals surface area contributed by atoms with E-state index in [4.69, 9.17) is 4.74 Å². The number of thiazole rings is 1. The number of rotatable bonds is 6. The van der Waals surface area contributed by atoms with E-state index < -0.39 is 5.60 Å². The third-order valence-corrected chi connectivity index (χ3v) is 5.19. The lowest BCUT2D eigenvalue weighted by Crippen LogP contribution is -2.68. The van der Waals surface area contributed by atoms with Gasteiger partial charge in [0.05, 0.1) is 16.7 Å². The molecule has 19 heavy (non-hydrogen) atoms. The molecule has 2 atom stereocenters. The van der Waals surface area contributed by atoms with Crippen molar-refractivity contribution in [3.05, 3.63) is 16.1 Å². The highest BCUT2D eigenvalue weighted by atomic mass is 32.1. The van der Waals surface area contributed by atoms with E-state index in [1.165, 1.54) is 4.88 Å². The van der Waals surface area contributed by atoms with E-state index in [9.17, 15) is 5.11 Å². The molecule has 5 heteroatoms. The van der Waals surface area contributed by atoms with E-state index >= 15 is 0 Å². The van der Waals surface area contributed by atoms with Gasteiger partial charge in [-0.1, -0.05) is 13.8 Å². The third kappa shape index (κ3) is 2.84. The van der Waals surface area contributed by atoms with Gasteiger partial charge in [-0.15, -0.1) is 11.3 Å². The molecule has 1 aliphatic carbocycles. The number of nitrogens with one attached hydrogen (secondary N) is 1. The van der Waals surface area contributed by atoms with Crippen LogP contribution in [0.15, 0.2) is 6.20 Å². The molecule has 1 fully saturated rings. The first-order valence-corrected chi connectivity index (χ1v) is 7.67. The standard InChI is InChI=1S/C14H24N2O2S/c1-5-18-12-6-14(17,13(12,3)4)9-15-7-11-8-16-10(2)19-11/h8,12,15,17H,5-7,9H2,1-4H3/t12-,14-/m1/s1. The van der Waals surface area contributed by atoms with Crippen molar-refractivity contribution in [2.24, 2.45) is 5.41 Å². The van der Waals surface area contributed by atoms with Gasteiger partial charge in [-0.2, -0.15) is 0 Å². The van der Waals surface area contributed by atoms with Crippen molar-refractivity contribution in [3.63, 3.8) is 0 Å². The maximum absolute atomic E-state index is 10.7. The summed E-state index contributed by atoms with van der Waals surface area (Å²) in [5, 5.41) is 15.1. The van der Waals surface area contributed by atoms with Crippen molar-refractivity contribution >= 4 is 11.3 Å². The lowest BCUT2D eigenvalue weighted by Gasteiger charge is -2.58. The average molecular weight is 284 g/mol. The highest BCUT2D eigenvalue weighted by Crippen LogP contribution is 2.50. The highest BCUT2D eigenvalue weighted by Gasteiger charge is 2.59. The number of hydrogen-bond donors (Lipinski definition) is 2. The summed E-state index contributed by atoms with van der Waals surface area (Å²) in [7, 11) is 0. The van der Waals surface area contributed by atoms with E-state index in [1.807, 2.05) is 20.0 Å². The molecule has 0 amide bonds. The Bertz CT molecular complexity index is 433. The zero-order chi connectivity index (χ0) is 14.1. The Morgan fingerprint density at radius 3 is 2.84 bits per heavy atom. The molecule has 1 heterocycles. The molecule has 0 radical (unpaired) electrons. The summed E-state index contributed by atoms with van der Waals surface area (Å²) in [5.74, 6) is 0. The normalized spacial score (nSPS) is 29.2. The molecule has 1 aromatic rings. The van der Waals surface area contributed by atoms with Gasteiger partial charge >= 0.3 is 0 Å². The predicted octanol–water partition coefficient (Wildman–Crippen LogP) is 2.11. The molecule has 1 aromatic heterocycles. The molecule has 108 valence electrons. The Hall–Kier alpha value is -0.490. The first-order chi connectivity index (χ1) is 8.89. The summed E-state index contributed by atoms with van der Waals surface area (Å²) in [6, 6.07) is 0. The lowest BCUT2D eigenvalue weighted by atomic mass is 9.56. The summed E-state index contributed by atoms with van der Waals surface area (Å²) >= 11 is 1.69. The van der Waals surface area contributed by atoms with Gasteiger partial charge in [-0.25, -0.2) is 4.98 Å². The Balaban J connectivity index is 1.83. The fourth-order valence-corrected chi connectivity index (χ4v) is 3.41. The molecule has 0 aromatic carbocycles. The maximum Gasteiger partial charge on any atom is 0.0897 e. The first-order valence-electron chi connectivity index (χ1n) is 6.85. The second kappa shape index (κ2) is 5.48. The molecule has 1 saturated carbocycles. The van der Waals surface area contributed by atoms with Crippen LogP contribution < -0.4 is 5.32 Å². The van der Waals surface area contributed by atoms with E-state index in [0.29, 0.717) is 19.6 Å². The van der Waals surface area contributed by atoms with Gasteiger partial charge in [0, 0.05) is 42.6 Å². The number of aromatic nitrogens is 1. The van der Waals surface area contributed by atoms with Crippen molar-refractivity contribution in [3.8, 4) is 0 Å². The van der Waals surface area contributed by atoms with Crippen LogP contribution in [0.5, 0.6) is 0 Å². The van der Waals surface area contributed by atoms with Crippen LogP contribution in [0.25, 0.3) is 0 Å². The van der Waals surface area contributed by atoms with Crippen molar-refractivity contribution in [1.82, 2.24) is 10.3 Å². The minimum atomic E-state index is -0.674. The summed E-state index contributed by atoms with van der Waals surface area (Å²) < 4.78 is 5.66. The molecular weight excluding hydrogens is 260 g/mol. The number of ether oxygens (including phenoxy) is 1. The molecule has 2 N–H and O–H groups in total. The maximum atomic E-state index is 10.7. The molecule has 4 nitrogen and oxygen atoms in total. The Morgan fingerprint density at radius 1 is 1.58 bits per heavy atom. The summed E-state index contributed by atoms with van der Waals surface area (Å²) in [6.45, 7) is 10.2. The fraction of sp³-hybridized carbons (Fsp3) is 0.786. The van der Waals surface area contributed by atoms with E-state index in [-0.39, 0.29) is 11.5 Å². The molecule has 0 bridgehead atoms. The lowest BCUT2D eigenvalue weighted by molar-refractivity contribution is -0.238. The Labute approximate surface area is 119 Å². The second-order valence-corrected chi connectivity index (χ2v) is 7.17. The molecule has 0 spiro atoms. The van der Waals surface area contributed by atoms with Gasteiger partial charge < -0.3 is 15.2 Å². The molecule has 1 aliphatic rings. The van der Waals surface area contributed by atoms with Crippen LogP contribution in [0.3, 0.4) is 0 Å². The predicted molar refractivity (Wildman–Crippen MR) is 77.3 cm³/mol. The van der Waals surface area contributed by atoms with Crippen LogP contribution in [0.2, 0.25) is 0 Å². The van der Waals surface area contributed by atoms with E-state index in [1.54, 1.807) is 11.3 Å². The quantitative estimate of drug-likeness (QED) is 0.840. The largest absolute Gasteiger partial charge is 0.388 e. The van der Waals surface area contributed by atoms with Gasteiger partial charge in [0.15, 0.2) is 0 Å². The fourth-order valence-electron chi connectivity index (χ4n) is 2.64. The van der Waals surface area contributed by atoms with Crippen molar-refractivity contribution in [1.29, 1.82) is 0 Å². The monoisotopic (exact) mass is 284 g/mol. The van der Waals surface area contributed by atoms with Crippen molar-refractivity contribution < 1.29 is 9.84 Å². The molecule has 0 saturated heterocycles. The minimum Gasteiger partial charge on any atom is -0.388 e. The second-order valence-electron chi connectivity index (χ2n) is 5.85. The zero-order valence-electron chi connectivity index (χ0n) is 12.2. The van der Waals surface area contributed by atoms with Crippen LogP contribution in [0, 0.1) is 12.3 Å². The SMILES string of the molecule is CCO[C@@H]1C[C@@](O)(CNCc2cnc(C)s2)C1(C)C. The number of aryl methyl sites for hydroxylation is 1. The number of hydrogen-bond acceptors (Lipinski definition) is 5. The number of nitrogens with zero attached hydrogens (tertiary/aromatic N) is 1. The third-order valence-electron chi connectivity index (χ3n) is 4.28. The highest BCUT2D eigenvalue weighted by molar-refractivity contribution is 7.11. The smallest absolute Gasteiger partial charge is 0.0897 e. The van der Waals surface area contributed by atoms with Gasteiger partial charge in [0.25, 0.3) is 0 Å². The van der Waals surface area contributed by atoms with Crippen LogP contribution in [0.4, 0.5) is 0 Å². The summed E-state index contributed by atoms with van der Waals surface area (Å²) in [6.07, 6.45) is 2.77. The summed E-state index contributed by atoms with van der Waals surface area (Å²) in [5.41, 5.74) is -0.869. The first kappa shape index (κ1) is 14.9. The van der Waals surface area contributed by atoms with Gasteiger partial charge in [-0.05, 0) is 13.8 Å². The van der Waals surface area contributed by atoms with E-state index in [2.05, 4.69) is 24.1 Å². The average Bonchev–Trinajstić information content (AvgIpc) is 2.75. The Morgan fingerprint density at radius 2 is 2.32 bits per heavy atom. The molecular formula is C14H24N2O2S. The van der Waals surface area contributed by atoms with Crippen molar-refractivity contribution in [2.45, 2.75) is 52.4 Å². The van der Waals surface area contributed by atoms with Gasteiger partial charge in [0.2, 0.25) is 0 Å². The van der Waals surface area contributed by atoms with Gasteiger partial charge in [-0.3, -0.25) is 0 Å². The van der Waals surface area contributed by atoms with Crippen LogP contribution >= 0.6 is 11.3 Å². The molecule has 0 unspecified atom stereocenters. The molecule has 2 rings (SSSR count). The van der Waals surface area contributed by atoms with Crippen LogP contribution in [-0.2, 0) is 11.3 Å². The topological polar surface area (TPSA) is 54.4 Å². The molecule has 0 aliphatic heterocycles.